The van der Waals surface area contributed by atoms with E-state index < -0.39 is 12.7 Å². The van der Waals surface area contributed by atoms with Gasteiger partial charge in [-0.15, -0.1) is 0 Å². The number of ether oxygens (including phenoxy) is 1. The molecular formula is C13H25F3N4O. The lowest BCUT2D eigenvalue weighted by Gasteiger charge is -2.17. The van der Waals surface area contributed by atoms with Gasteiger partial charge in [0.05, 0.1) is 6.54 Å². The van der Waals surface area contributed by atoms with E-state index in [1.807, 2.05) is 6.92 Å². The summed E-state index contributed by atoms with van der Waals surface area (Å²) in [6.45, 7) is 4.53. The summed E-state index contributed by atoms with van der Waals surface area (Å²) in [7, 11) is 0. The molecule has 1 aliphatic rings. The summed E-state index contributed by atoms with van der Waals surface area (Å²) in [5.41, 5.74) is 5.71. The van der Waals surface area contributed by atoms with E-state index in [9.17, 15) is 13.2 Å². The molecule has 124 valence electrons. The molecule has 0 radical (unpaired) electrons. The molecule has 0 aromatic rings. The fourth-order valence-electron chi connectivity index (χ4n) is 2.28. The second kappa shape index (κ2) is 9.09. The van der Waals surface area contributed by atoms with Gasteiger partial charge in [0.2, 0.25) is 0 Å². The Hall–Kier alpha value is -1.02. The van der Waals surface area contributed by atoms with E-state index in [-0.39, 0.29) is 5.92 Å². The molecule has 21 heavy (non-hydrogen) atoms. The van der Waals surface area contributed by atoms with Crippen molar-refractivity contribution in [3.63, 3.8) is 0 Å². The van der Waals surface area contributed by atoms with E-state index in [4.69, 9.17) is 10.5 Å². The Morgan fingerprint density at radius 1 is 1.48 bits per heavy atom. The van der Waals surface area contributed by atoms with Crippen LogP contribution in [0.4, 0.5) is 13.2 Å². The number of nitrogens with one attached hydrogen (secondary N) is 1. The molecule has 1 heterocycles. The number of aliphatic imine (C=N–C) groups is 1. The Bertz CT molecular complexity index is 323. The van der Waals surface area contributed by atoms with Crippen molar-refractivity contribution in [2.24, 2.45) is 16.6 Å². The predicted molar refractivity (Wildman–Crippen MR) is 76.2 cm³/mol. The third kappa shape index (κ3) is 8.77. The molecular weight excluding hydrogens is 285 g/mol. The van der Waals surface area contributed by atoms with Crippen molar-refractivity contribution in [1.29, 1.82) is 0 Å². The molecule has 1 atom stereocenters. The summed E-state index contributed by atoms with van der Waals surface area (Å²) >= 11 is 0. The van der Waals surface area contributed by atoms with Gasteiger partial charge in [-0.2, -0.15) is 13.2 Å². The Labute approximate surface area is 123 Å². The van der Waals surface area contributed by atoms with Crippen LogP contribution in [0.1, 0.15) is 19.8 Å². The molecule has 0 amide bonds. The first-order valence-corrected chi connectivity index (χ1v) is 7.31. The number of alkyl halides is 3. The first-order valence-electron chi connectivity index (χ1n) is 7.31. The van der Waals surface area contributed by atoms with E-state index >= 15 is 0 Å². The van der Waals surface area contributed by atoms with Gasteiger partial charge in [0.1, 0.15) is 0 Å². The minimum atomic E-state index is -4.13. The highest BCUT2D eigenvalue weighted by molar-refractivity contribution is 5.77. The third-order valence-electron chi connectivity index (χ3n) is 3.27. The number of halogens is 3. The number of hydrogen-bond donors (Lipinski definition) is 2. The highest BCUT2D eigenvalue weighted by atomic mass is 19.4. The Balaban J connectivity index is 2.15. The van der Waals surface area contributed by atoms with Gasteiger partial charge in [0.25, 0.3) is 0 Å². The normalized spacial score (nSPS) is 21.0. The zero-order valence-corrected chi connectivity index (χ0v) is 12.5. The first kappa shape index (κ1) is 18.0. The van der Waals surface area contributed by atoms with Gasteiger partial charge in [0.15, 0.2) is 5.96 Å². The molecule has 1 fully saturated rings. The highest BCUT2D eigenvalue weighted by Gasteiger charge is 2.34. The van der Waals surface area contributed by atoms with Crippen LogP contribution in [0.2, 0.25) is 0 Å². The third-order valence-corrected chi connectivity index (χ3v) is 3.27. The van der Waals surface area contributed by atoms with E-state index in [2.05, 4.69) is 10.3 Å². The molecule has 0 saturated carbocycles. The quantitative estimate of drug-likeness (QED) is 0.402. The highest BCUT2D eigenvalue weighted by Crippen LogP contribution is 2.22. The van der Waals surface area contributed by atoms with Crippen LogP contribution in [0.25, 0.3) is 0 Å². The molecule has 1 saturated heterocycles. The summed E-state index contributed by atoms with van der Waals surface area (Å²) in [5, 5.41) is 2.97. The van der Waals surface area contributed by atoms with Crippen molar-refractivity contribution in [3.8, 4) is 0 Å². The molecule has 1 aliphatic heterocycles. The van der Waals surface area contributed by atoms with Gasteiger partial charge in [-0.3, -0.25) is 9.89 Å². The van der Waals surface area contributed by atoms with Gasteiger partial charge >= 0.3 is 6.18 Å². The van der Waals surface area contributed by atoms with Crippen LogP contribution >= 0.6 is 0 Å². The molecule has 0 aliphatic carbocycles. The Kier molecular flexibility index (Phi) is 7.81. The molecule has 3 N–H and O–H groups in total. The van der Waals surface area contributed by atoms with Crippen LogP contribution < -0.4 is 11.1 Å². The topological polar surface area (TPSA) is 62.9 Å². The van der Waals surface area contributed by atoms with Crippen LogP contribution in [-0.2, 0) is 4.74 Å². The van der Waals surface area contributed by atoms with Gasteiger partial charge in [-0.05, 0) is 32.2 Å². The smallest absolute Gasteiger partial charge is 0.382 e. The minimum Gasteiger partial charge on any atom is -0.382 e. The monoisotopic (exact) mass is 310 g/mol. The van der Waals surface area contributed by atoms with Gasteiger partial charge in [-0.1, -0.05) is 0 Å². The zero-order valence-electron chi connectivity index (χ0n) is 12.5. The molecule has 1 unspecified atom stereocenters. The van der Waals surface area contributed by atoms with Crippen molar-refractivity contribution in [1.82, 2.24) is 10.2 Å². The number of hydrogen-bond acceptors (Lipinski definition) is 3. The SMILES string of the molecule is CCOCCCNC(N)=NCC1CCN(CC(F)(F)F)C1. The number of nitrogens with two attached hydrogens (primary N) is 1. The fraction of sp³-hybridized carbons (Fsp3) is 0.923. The van der Waals surface area contributed by atoms with Crippen LogP contribution in [0.15, 0.2) is 4.99 Å². The maximum absolute atomic E-state index is 12.3. The summed E-state index contributed by atoms with van der Waals surface area (Å²) in [5.74, 6) is 0.497. The molecule has 1 rings (SSSR count). The summed E-state index contributed by atoms with van der Waals surface area (Å²) < 4.78 is 42.0. The second-order valence-corrected chi connectivity index (χ2v) is 5.21. The number of guanidine groups is 1. The Morgan fingerprint density at radius 2 is 2.24 bits per heavy atom. The van der Waals surface area contributed by atoms with E-state index in [1.165, 1.54) is 4.90 Å². The van der Waals surface area contributed by atoms with Crippen LogP contribution in [0.3, 0.4) is 0 Å². The number of likely N-dealkylation sites (tertiary alicyclic amines) is 1. The largest absolute Gasteiger partial charge is 0.401 e. The van der Waals surface area contributed by atoms with E-state index in [0.717, 1.165) is 12.8 Å². The van der Waals surface area contributed by atoms with Gasteiger partial charge in [0, 0.05) is 32.8 Å². The molecule has 0 aromatic heterocycles. The predicted octanol–water partition coefficient (Wildman–Crippen LogP) is 1.20. The van der Waals surface area contributed by atoms with Crippen molar-refractivity contribution >= 4 is 5.96 Å². The maximum atomic E-state index is 12.3. The van der Waals surface area contributed by atoms with Crippen molar-refractivity contribution in [2.45, 2.75) is 25.9 Å². The fourth-order valence-corrected chi connectivity index (χ4v) is 2.28. The first-order chi connectivity index (χ1) is 9.90. The average Bonchev–Trinajstić information content (AvgIpc) is 2.81. The van der Waals surface area contributed by atoms with Crippen LogP contribution in [0.5, 0.6) is 0 Å². The van der Waals surface area contributed by atoms with Crippen molar-refractivity contribution in [3.05, 3.63) is 0 Å². The lowest BCUT2D eigenvalue weighted by molar-refractivity contribution is -0.143. The van der Waals surface area contributed by atoms with E-state index in [1.54, 1.807) is 0 Å². The standard InChI is InChI=1S/C13H25F3N4O/c1-2-21-7-3-5-18-12(17)19-8-11-4-6-20(9-11)10-13(14,15)16/h11H,2-10H2,1H3,(H3,17,18,19). The summed E-state index contributed by atoms with van der Waals surface area (Å²) in [6.07, 6.45) is -2.55. The molecule has 5 nitrogen and oxygen atoms in total. The average molecular weight is 310 g/mol. The number of nitrogens with zero attached hydrogens (tertiary/aromatic N) is 2. The minimum absolute atomic E-state index is 0.149. The number of rotatable bonds is 8. The van der Waals surface area contributed by atoms with Crippen molar-refractivity contribution < 1.29 is 17.9 Å². The summed E-state index contributed by atoms with van der Waals surface area (Å²) in [4.78, 5) is 5.61. The Morgan fingerprint density at radius 3 is 2.90 bits per heavy atom. The lowest BCUT2D eigenvalue weighted by atomic mass is 10.1. The lowest BCUT2D eigenvalue weighted by Crippen LogP contribution is -2.34. The second-order valence-electron chi connectivity index (χ2n) is 5.21. The molecule has 8 heteroatoms. The summed E-state index contributed by atoms with van der Waals surface area (Å²) in [6, 6.07) is 0. The van der Waals surface area contributed by atoms with Crippen molar-refractivity contribution in [2.75, 3.05) is 45.9 Å². The maximum Gasteiger partial charge on any atom is 0.401 e. The molecule has 0 aromatic carbocycles. The van der Waals surface area contributed by atoms with E-state index in [0.29, 0.717) is 45.4 Å². The zero-order chi connectivity index (χ0) is 15.7. The molecule has 0 spiro atoms. The van der Waals surface area contributed by atoms with Crippen LogP contribution in [-0.4, -0.2) is 63.0 Å². The van der Waals surface area contributed by atoms with Gasteiger partial charge in [-0.25, -0.2) is 0 Å². The molecule has 0 bridgehead atoms. The van der Waals surface area contributed by atoms with Gasteiger partial charge < -0.3 is 15.8 Å². The van der Waals surface area contributed by atoms with Crippen LogP contribution in [0, 0.1) is 5.92 Å².